The SMILES string of the molecule is OCCN(CCO)c1cccc2c(O)cccc12. The topological polar surface area (TPSA) is 63.9 Å². The standard InChI is InChI=1S/C14H17NO3/c16-9-7-15(8-10-17)13-5-1-4-12-11(13)3-2-6-14(12)18/h1-6,16-18H,7-10H2. The maximum absolute atomic E-state index is 9.82. The second-order valence-corrected chi connectivity index (χ2v) is 4.08. The molecule has 0 saturated heterocycles. The molecule has 18 heavy (non-hydrogen) atoms. The fourth-order valence-electron chi connectivity index (χ4n) is 2.15. The quantitative estimate of drug-likeness (QED) is 0.746. The average Bonchev–Trinajstić information content (AvgIpc) is 2.38. The first-order valence-electron chi connectivity index (χ1n) is 5.95. The van der Waals surface area contributed by atoms with Gasteiger partial charge in [0, 0.05) is 29.5 Å². The van der Waals surface area contributed by atoms with Crippen molar-refractivity contribution in [1.29, 1.82) is 0 Å². The molecule has 3 N–H and O–H groups in total. The van der Waals surface area contributed by atoms with Crippen LogP contribution in [0.15, 0.2) is 36.4 Å². The third-order valence-corrected chi connectivity index (χ3v) is 2.96. The number of phenolic OH excluding ortho intramolecular Hbond substituents is 1. The fourth-order valence-corrected chi connectivity index (χ4v) is 2.15. The van der Waals surface area contributed by atoms with Crippen LogP contribution in [-0.2, 0) is 0 Å². The zero-order valence-corrected chi connectivity index (χ0v) is 10.1. The van der Waals surface area contributed by atoms with Crippen LogP contribution in [0.25, 0.3) is 10.8 Å². The molecule has 0 bridgehead atoms. The van der Waals surface area contributed by atoms with E-state index >= 15 is 0 Å². The van der Waals surface area contributed by atoms with Crippen molar-refractivity contribution < 1.29 is 15.3 Å². The average molecular weight is 247 g/mol. The van der Waals surface area contributed by atoms with E-state index in [1.54, 1.807) is 12.1 Å². The summed E-state index contributed by atoms with van der Waals surface area (Å²) in [6.07, 6.45) is 0. The van der Waals surface area contributed by atoms with Crippen LogP contribution in [0.3, 0.4) is 0 Å². The van der Waals surface area contributed by atoms with Gasteiger partial charge >= 0.3 is 0 Å². The summed E-state index contributed by atoms with van der Waals surface area (Å²) in [5, 5.41) is 29.7. The minimum atomic E-state index is 0.0230. The Bertz CT molecular complexity index is 521. The van der Waals surface area contributed by atoms with E-state index in [1.165, 1.54) is 0 Å². The van der Waals surface area contributed by atoms with E-state index in [0.29, 0.717) is 13.1 Å². The molecule has 4 heteroatoms. The van der Waals surface area contributed by atoms with Crippen molar-refractivity contribution in [2.75, 3.05) is 31.2 Å². The summed E-state index contributed by atoms with van der Waals surface area (Å²) in [5.41, 5.74) is 0.909. The number of phenols is 1. The van der Waals surface area contributed by atoms with Gasteiger partial charge in [-0.25, -0.2) is 0 Å². The van der Waals surface area contributed by atoms with Crippen molar-refractivity contribution in [2.45, 2.75) is 0 Å². The summed E-state index contributed by atoms with van der Waals surface area (Å²) in [4.78, 5) is 1.90. The van der Waals surface area contributed by atoms with Gasteiger partial charge in [-0.15, -0.1) is 0 Å². The van der Waals surface area contributed by atoms with Crippen molar-refractivity contribution in [2.24, 2.45) is 0 Å². The molecule has 0 fully saturated rings. The third-order valence-electron chi connectivity index (χ3n) is 2.96. The number of aromatic hydroxyl groups is 1. The van der Waals surface area contributed by atoms with E-state index in [2.05, 4.69) is 0 Å². The molecular formula is C14H17NO3. The molecule has 2 aromatic carbocycles. The normalized spacial score (nSPS) is 10.8. The Hall–Kier alpha value is -1.78. The molecule has 4 nitrogen and oxygen atoms in total. The van der Waals surface area contributed by atoms with Crippen LogP contribution in [0.5, 0.6) is 5.75 Å². The molecule has 0 unspecified atom stereocenters. The highest BCUT2D eigenvalue weighted by molar-refractivity contribution is 5.97. The van der Waals surface area contributed by atoms with Crippen molar-refractivity contribution in [3.05, 3.63) is 36.4 Å². The second kappa shape index (κ2) is 5.71. The summed E-state index contributed by atoms with van der Waals surface area (Å²) in [6, 6.07) is 11.0. The van der Waals surface area contributed by atoms with Crippen LogP contribution in [0, 0.1) is 0 Å². The monoisotopic (exact) mass is 247 g/mol. The van der Waals surface area contributed by atoms with Crippen molar-refractivity contribution in [3.63, 3.8) is 0 Å². The van der Waals surface area contributed by atoms with Gasteiger partial charge in [0.25, 0.3) is 0 Å². The number of hydrogen-bond donors (Lipinski definition) is 3. The van der Waals surface area contributed by atoms with Gasteiger partial charge in [0.05, 0.1) is 13.2 Å². The van der Waals surface area contributed by atoms with Gasteiger partial charge in [-0.05, 0) is 12.1 Å². The largest absolute Gasteiger partial charge is 0.507 e. The highest BCUT2D eigenvalue weighted by atomic mass is 16.3. The maximum atomic E-state index is 9.82. The number of hydrogen-bond acceptors (Lipinski definition) is 4. The minimum absolute atomic E-state index is 0.0230. The second-order valence-electron chi connectivity index (χ2n) is 4.08. The van der Waals surface area contributed by atoms with Crippen LogP contribution >= 0.6 is 0 Å². The van der Waals surface area contributed by atoms with Crippen LogP contribution < -0.4 is 4.90 Å². The van der Waals surface area contributed by atoms with Crippen LogP contribution in [0.4, 0.5) is 5.69 Å². The molecule has 0 aromatic heterocycles. The molecule has 0 radical (unpaired) electrons. The lowest BCUT2D eigenvalue weighted by molar-refractivity contribution is 0.281. The zero-order valence-electron chi connectivity index (χ0n) is 10.1. The molecule has 0 spiro atoms. The maximum Gasteiger partial charge on any atom is 0.123 e. The van der Waals surface area contributed by atoms with Crippen molar-refractivity contribution in [1.82, 2.24) is 0 Å². The molecule has 0 saturated carbocycles. The van der Waals surface area contributed by atoms with E-state index in [9.17, 15) is 5.11 Å². The van der Waals surface area contributed by atoms with Gasteiger partial charge in [0.2, 0.25) is 0 Å². The highest BCUT2D eigenvalue weighted by Crippen LogP contribution is 2.31. The van der Waals surface area contributed by atoms with E-state index in [4.69, 9.17) is 10.2 Å². The molecule has 96 valence electrons. The lowest BCUT2D eigenvalue weighted by Crippen LogP contribution is -2.29. The molecular weight excluding hydrogens is 230 g/mol. The Kier molecular flexibility index (Phi) is 4.02. The van der Waals surface area contributed by atoms with Gasteiger partial charge in [0.15, 0.2) is 0 Å². The Morgan fingerprint density at radius 2 is 1.44 bits per heavy atom. The Balaban J connectivity index is 2.51. The first kappa shape index (κ1) is 12.7. The minimum Gasteiger partial charge on any atom is -0.507 e. The number of nitrogens with zero attached hydrogens (tertiary/aromatic N) is 1. The number of aliphatic hydroxyl groups excluding tert-OH is 2. The molecule has 0 amide bonds. The van der Waals surface area contributed by atoms with Crippen molar-refractivity contribution >= 4 is 16.5 Å². The summed E-state index contributed by atoms with van der Waals surface area (Å²) < 4.78 is 0. The molecule has 2 rings (SSSR count). The number of rotatable bonds is 5. The predicted molar refractivity (Wildman–Crippen MR) is 72.0 cm³/mol. The molecule has 0 heterocycles. The summed E-state index contributed by atoms with van der Waals surface area (Å²) in [7, 11) is 0. The number of benzene rings is 2. The molecule has 2 aromatic rings. The van der Waals surface area contributed by atoms with Gasteiger partial charge in [-0.3, -0.25) is 0 Å². The zero-order chi connectivity index (χ0) is 13.0. The van der Waals surface area contributed by atoms with Gasteiger partial charge < -0.3 is 20.2 Å². The van der Waals surface area contributed by atoms with Crippen LogP contribution in [-0.4, -0.2) is 41.6 Å². The van der Waals surface area contributed by atoms with Gasteiger partial charge in [-0.2, -0.15) is 0 Å². The fraction of sp³-hybridized carbons (Fsp3) is 0.286. The lowest BCUT2D eigenvalue weighted by atomic mass is 10.1. The van der Waals surface area contributed by atoms with Crippen LogP contribution in [0.1, 0.15) is 0 Å². The van der Waals surface area contributed by atoms with E-state index in [1.807, 2.05) is 29.2 Å². The van der Waals surface area contributed by atoms with E-state index in [-0.39, 0.29) is 19.0 Å². The van der Waals surface area contributed by atoms with Crippen molar-refractivity contribution in [3.8, 4) is 5.75 Å². The van der Waals surface area contributed by atoms with E-state index < -0.39 is 0 Å². The number of aliphatic hydroxyl groups is 2. The number of anilines is 1. The molecule has 0 aliphatic heterocycles. The molecule has 0 aliphatic carbocycles. The Morgan fingerprint density at radius 3 is 2.11 bits per heavy atom. The highest BCUT2D eigenvalue weighted by Gasteiger charge is 2.10. The predicted octanol–water partition coefficient (Wildman–Crippen LogP) is 1.34. The molecule has 0 atom stereocenters. The Labute approximate surface area is 106 Å². The van der Waals surface area contributed by atoms with Crippen LogP contribution in [0.2, 0.25) is 0 Å². The van der Waals surface area contributed by atoms with E-state index in [0.717, 1.165) is 16.5 Å². The summed E-state index contributed by atoms with van der Waals surface area (Å²) >= 11 is 0. The van der Waals surface area contributed by atoms with Gasteiger partial charge in [-0.1, -0.05) is 24.3 Å². The van der Waals surface area contributed by atoms with Gasteiger partial charge in [0.1, 0.15) is 5.75 Å². The smallest absolute Gasteiger partial charge is 0.123 e. The molecule has 0 aliphatic rings. The summed E-state index contributed by atoms with van der Waals surface area (Å²) in [5.74, 6) is 0.238. The third kappa shape index (κ3) is 2.39. The lowest BCUT2D eigenvalue weighted by Gasteiger charge is -2.24. The first-order valence-corrected chi connectivity index (χ1v) is 5.95. The Morgan fingerprint density at radius 1 is 0.833 bits per heavy atom. The summed E-state index contributed by atoms with van der Waals surface area (Å²) in [6.45, 7) is 0.953. The number of fused-ring (bicyclic) bond motifs is 1. The first-order chi connectivity index (χ1) is 8.77.